The van der Waals surface area contributed by atoms with Crippen molar-refractivity contribution in [2.45, 2.75) is 66.0 Å². The molecule has 5 rings (SSSR count). The van der Waals surface area contributed by atoms with Crippen molar-refractivity contribution in [3.05, 3.63) is 137 Å². The molecule has 0 atom stereocenters. The summed E-state index contributed by atoms with van der Waals surface area (Å²) in [6.07, 6.45) is 4.20. The number of hydrogen-bond acceptors (Lipinski definition) is 3. The first kappa shape index (κ1) is 31.8. The van der Waals surface area contributed by atoms with Crippen LogP contribution in [0.1, 0.15) is 84.8 Å². The van der Waals surface area contributed by atoms with Crippen LogP contribution in [-0.4, -0.2) is 21.4 Å². The van der Waals surface area contributed by atoms with Gasteiger partial charge in [-0.15, -0.1) is 0 Å². The molecule has 0 spiro atoms. The average Bonchev–Trinajstić information content (AvgIpc) is 3.38. The summed E-state index contributed by atoms with van der Waals surface area (Å²) in [5, 5.41) is 9.92. The van der Waals surface area contributed by atoms with Crippen LogP contribution in [-0.2, 0) is 24.2 Å². The van der Waals surface area contributed by atoms with Crippen molar-refractivity contribution in [3.63, 3.8) is 0 Å². The van der Waals surface area contributed by atoms with E-state index in [9.17, 15) is 9.59 Å². The molecule has 0 saturated carbocycles. The van der Waals surface area contributed by atoms with E-state index in [1.54, 1.807) is 0 Å². The summed E-state index contributed by atoms with van der Waals surface area (Å²) >= 11 is 0. The number of para-hydroxylation sites is 1. The Morgan fingerprint density at radius 1 is 0.733 bits per heavy atom. The molecule has 0 aliphatic rings. The SMILES string of the molecule is CC(C)Cc1ccc(C(Oc2ccc(C(=O)c3cn(CCCC(=O)O)c4ccccc34)cc2)c2ccc(CC(C)C)cc2)cc1. The van der Waals surface area contributed by atoms with E-state index in [1.807, 2.05) is 59.3 Å². The number of aliphatic carboxylic acids is 1. The maximum absolute atomic E-state index is 13.7. The van der Waals surface area contributed by atoms with E-state index in [4.69, 9.17) is 9.84 Å². The number of carbonyl (C=O) groups excluding carboxylic acids is 1. The van der Waals surface area contributed by atoms with E-state index >= 15 is 0 Å². The van der Waals surface area contributed by atoms with Crippen LogP contribution in [0.4, 0.5) is 0 Å². The molecular weight excluding hydrogens is 558 g/mol. The predicted octanol–water partition coefficient (Wildman–Crippen LogP) is 9.30. The zero-order valence-electron chi connectivity index (χ0n) is 26.7. The van der Waals surface area contributed by atoms with Gasteiger partial charge >= 0.3 is 5.97 Å². The third kappa shape index (κ3) is 8.10. The minimum Gasteiger partial charge on any atom is -0.481 e. The predicted molar refractivity (Wildman–Crippen MR) is 181 cm³/mol. The number of fused-ring (bicyclic) bond motifs is 1. The molecule has 5 nitrogen and oxygen atoms in total. The zero-order chi connectivity index (χ0) is 31.9. The van der Waals surface area contributed by atoms with Crippen molar-refractivity contribution in [2.75, 3.05) is 0 Å². The fraction of sp³-hybridized carbons (Fsp3) is 0.300. The second kappa shape index (κ2) is 14.4. The Hall–Kier alpha value is -4.64. The second-order valence-corrected chi connectivity index (χ2v) is 12.8. The Bertz CT molecular complexity index is 1680. The van der Waals surface area contributed by atoms with E-state index in [0.29, 0.717) is 41.7 Å². The third-order valence-electron chi connectivity index (χ3n) is 8.05. The molecule has 0 fully saturated rings. The van der Waals surface area contributed by atoms with Gasteiger partial charge in [-0.2, -0.15) is 0 Å². The number of carbonyl (C=O) groups is 2. The Morgan fingerprint density at radius 2 is 1.29 bits per heavy atom. The first-order valence-corrected chi connectivity index (χ1v) is 16.0. The summed E-state index contributed by atoms with van der Waals surface area (Å²) in [4.78, 5) is 24.7. The first-order valence-electron chi connectivity index (χ1n) is 16.0. The minimum absolute atomic E-state index is 0.0761. The Morgan fingerprint density at radius 3 is 1.82 bits per heavy atom. The number of benzene rings is 4. The topological polar surface area (TPSA) is 68.5 Å². The maximum atomic E-state index is 13.7. The average molecular weight is 602 g/mol. The summed E-state index contributed by atoms with van der Waals surface area (Å²) < 4.78 is 8.62. The minimum atomic E-state index is -0.821. The number of ketones is 1. The molecule has 4 aromatic carbocycles. The molecule has 1 heterocycles. The lowest BCUT2D eigenvalue weighted by molar-refractivity contribution is -0.137. The fourth-order valence-corrected chi connectivity index (χ4v) is 5.92. The highest BCUT2D eigenvalue weighted by Gasteiger charge is 2.20. The molecule has 5 aromatic rings. The summed E-state index contributed by atoms with van der Waals surface area (Å²) in [7, 11) is 0. The number of aryl methyl sites for hydroxylation is 1. The Labute approximate surface area is 266 Å². The smallest absolute Gasteiger partial charge is 0.303 e. The molecule has 45 heavy (non-hydrogen) atoms. The van der Waals surface area contributed by atoms with Gasteiger partial charge in [-0.05, 0) is 83.7 Å². The van der Waals surface area contributed by atoms with Crippen molar-refractivity contribution in [1.29, 1.82) is 0 Å². The fourth-order valence-electron chi connectivity index (χ4n) is 5.92. The van der Waals surface area contributed by atoms with Crippen molar-refractivity contribution in [1.82, 2.24) is 4.57 Å². The van der Waals surface area contributed by atoms with E-state index in [1.165, 1.54) is 11.1 Å². The quantitative estimate of drug-likeness (QED) is 0.129. The van der Waals surface area contributed by atoms with E-state index in [2.05, 4.69) is 76.2 Å². The van der Waals surface area contributed by atoms with Gasteiger partial charge in [0.25, 0.3) is 0 Å². The molecule has 232 valence electrons. The van der Waals surface area contributed by atoms with Gasteiger partial charge in [-0.1, -0.05) is 94.4 Å². The lowest BCUT2D eigenvalue weighted by atomic mass is 9.95. The van der Waals surface area contributed by atoms with Crippen LogP contribution in [0, 0.1) is 11.8 Å². The Balaban J connectivity index is 1.39. The van der Waals surface area contributed by atoms with E-state index < -0.39 is 5.97 Å². The van der Waals surface area contributed by atoms with Crippen LogP contribution < -0.4 is 4.74 Å². The summed E-state index contributed by atoms with van der Waals surface area (Å²) in [5.74, 6) is 0.966. The molecule has 0 radical (unpaired) electrons. The lowest BCUT2D eigenvalue weighted by Crippen LogP contribution is -2.10. The number of hydrogen-bond donors (Lipinski definition) is 1. The van der Waals surface area contributed by atoms with Crippen LogP contribution in [0.3, 0.4) is 0 Å². The van der Waals surface area contributed by atoms with Gasteiger partial charge in [0.15, 0.2) is 5.78 Å². The normalized spacial score (nSPS) is 11.5. The van der Waals surface area contributed by atoms with Crippen molar-refractivity contribution < 1.29 is 19.4 Å². The van der Waals surface area contributed by atoms with Gasteiger partial charge in [0.1, 0.15) is 11.9 Å². The molecule has 5 heteroatoms. The van der Waals surface area contributed by atoms with Crippen LogP contribution in [0.25, 0.3) is 10.9 Å². The van der Waals surface area contributed by atoms with Crippen LogP contribution in [0.2, 0.25) is 0 Å². The highest BCUT2D eigenvalue weighted by Crippen LogP contribution is 2.31. The number of carboxylic acid groups (broad SMARTS) is 1. The first-order chi connectivity index (χ1) is 21.7. The van der Waals surface area contributed by atoms with Crippen LogP contribution in [0.15, 0.2) is 103 Å². The van der Waals surface area contributed by atoms with Crippen molar-refractivity contribution in [2.24, 2.45) is 11.8 Å². The van der Waals surface area contributed by atoms with Gasteiger partial charge in [0.2, 0.25) is 0 Å². The van der Waals surface area contributed by atoms with Crippen LogP contribution >= 0.6 is 0 Å². The van der Waals surface area contributed by atoms with Gasteiger partial charge in [-0.25, -0.2) is 0 Å². The number of carboxylic acids is 1. The molecule has 0 aliphatic carbocycles. The van der Waals surface area contributed by atoms with Gasteiger partial charge in [0.05, 0.1) is 0 Å². The number of rotatable bonds is 14. The molecule has 0 aliphatic heterocycles. The molecule has 0 amide bonds. The summed E-state index contributed by atoms with van der Waals surface area (Å²) in [5.41, 5.74) is 6.88. The maximum Gasteiger partial charge on any atom is 0.303 e. The number of nitrogens with zero attached hydrogens (tertiary/aromatic N) is 1. The van der Waals surface area contributed by atoms with Gasteiger partial charge < -0.3 is 14.4 Å². The van der Waals surface area contributed by atoms with E-state index in [-0.39, 0.29) is 18.3 Å². The Kier molecular flexibility index (Phi) is 10.2. The third-order valence-corrected chi connectivity index (χ3v) is 8.05. The standard InChI is InChI=1S/C40H43NO4/c1-27(2)24-29-11-15-32(16-12-29)40(33-17-13-30(14-18-33)25-28(3)4)45-34-21-19-31(20-22-34)39(44)36-26-41(23-7-10-38(42)43)37-9-6-5-8-35(36)37/h5-6,8-9,11-22,26-28,40H,7,10,23-25H2,1-4H3,(H,42,43). The van der Waals surface area contributed by atoms with Crippen molar-refractivity contribution >= 4 is 22.7 Å². The summed E-state index contributed by atoms with van der Waals surface area (Å²) in [6.45, 7) is 9.45. The highest BCUT2D eigenvalue weighted by molar-refractivity contribution is 6.16. The number of aromatic nitrogens is 1. The van der Waals surface area contributed by atoms with Crippen molar-refractivity contribution in [3.8, 4) is 5.75 Å². The number of ether oxygens (including phenoxy) is 1. The molecule has 1 N–H and O–H groups in total. The van der Waals surface area contributed by atoms with Gasteiger partial charge in [0, 0.05) is 41.2 Å². The molecule has 0 bridgehead atoms. The zero-order valence-corrected chi connectivity index (χ0v) is 26.7. The second-order valence-electron chi connectivity index (χ2n) is 12.8. The summed E-state index contributed by atoms with van der Waals surface area (Å²) in [6, 6.07) is 32.6. The highest BCUT2D eigenvalue weighted by atomic mass is 16.5. The molecular formula is C40H43NO4. The monoisotopic (exact) mass is 601 g/mol. The van der Waals surface area contributed by atoms with Crippen LogP contribution in [0.5, 0.6) is 5.75 Å². The van der Waals surface area contributed by atoms with E-state index in [0.717, 1.165) is 34.9 Å². The molecule has 0 saturated heterocycles. The largest absolute Gasteiger partial charge is 0.481 e. The van der Waals surface area contributed by atoms with Gasteiger partial charge in [-0.3, -0.25) is 9.59 Å². The lowest BCUT2D eigenvalue weighted by Gasteiger charge is -2.21. The molecule has 0 unspecified atom stereocenters. The molecule has 1 aromatic heterocycles.